The molecule has 0 heterocycles. The number of imide groups is 1. The fourth-order valence-electron chi connectivity index (χ4n) is 4.52. The number of urea groups is 1. The zero-order valence-corrected chi connectivity index (χ0v) is 21.4. The molecular weight excluding hydrogens is 468 g/mol. The molecule has 0 saturated heterocycles. The van der Waals surface area contributed by atoms with Gasteiger partial charge in [-0.3, -0.25) is 10.1 Å². The third kappa shape index (κ3) is 7.49. The summed E-state index contributed by atoms with van der Waals surface area (Å²) >= 11 is 0. The topological polar surface area (TPSA) is 85.9 Å². The van der Waals surface area contributed by atoms with Crippen molar-refractivity contribution >= 4 is 11.9 Å². The molecule has 0 unspecified atom stereocenters. The number of methoxy groups -OCH3 is 2. The highest BCUT2D eigenvalue weighted by molar-refractivity contribution is 5.94. The van der Waals surface area contributed by atoms with Crippen LogP contribution in [0, 0.1) is 0 Å². The van der Waals surface area contributed by atoms with Crippen molar-refractivity contribution in [2.45, 2.75) is 51.0 Å². The fraction of sp³-hybridized carbons (Fsp3) is 0.333. The van der Waals surface area contributed by atoms with Crippen molar-refractivity contribution in [3.8, 4) is 34.1 Å². The average Bonchev–Trinajstić information content (AvgIpc) is 2.93. The van der Waals surface area contributed by atoms with E-state index in [0.717, 1.165) is 53.9 Å². The molecule has 7 heteroatoms. The number of nitrogens with one attached hydrogen (secondary N) is 2. The molecule has 3 aromatic carbocycles. The van der Waals surface area contributed by atoms with Crippen LogP contribution < -0.4 is 24.8 Å². The van der Waals surface area contributed by atoms with E-state index in [-0.39, 0.29) is 18.4 Å². The van der Waals surface area contributed by atoms with Crippen molar-refractivity contribution < 1.29 is 23.8 Å². The van der Waals surface area contributed by atoms with Gasteiger partial charge in [0.25, 0.3) is 0 Å². The van der Waals surface area contributed by atoms with E-state index in [1.807, 2.05) is 66.7 Å². The maximum atomic E-state index is 12.2. The molecule has 3 aromatic rings. The number of benzene rings is 3. The highest BCUT2D eigenvalue weighted by Gasteiger charge is 2.17. The number of rotatable bonds is 9. The second kappa shape index (κ2) is 12.8. The minimum absolute atomic E-state index is 0.176. The number of aryl methyl sites for hydroxylation is 1. The SMILES string of the molecule is COc1ccc(-c2ccc(Oc3ccc(CCC(=O)NC(=O)NC4CCCCC4)cc3)cc2)c(OC)c1. The molecule has 1 saturated carbocycles. The summed E-state index contributed by atoms with van der Waals surface area (Å²) in [6.45, 7) is 0. The van der Waals surface area contributed by atoms with Gasteiger partial charge in [-0.15, -0.1) is 0 Å². The summed E-state index contributed by atoms with van der Waals surface area (Å²) < 4.78 is 16.8. The predicted octanol–water partition coefficient (Wildman–Crippen LogP) is 6.25. The molecule has 3 amide bonds. The Kier molecular flexibility index (Phi) is 9.03. The molecule has 0 atom stereocenters. The Hall–Kier alpha value is -4.00. The summed E-state index contributed by atoms with van der Waals surface area (Å²) in [5.74, 6) is 2.62. The summed E-state index contributed by atoms with van der Waals surface area (Å²) in [5.41, 5.74) is 2.97. The third-order valence-electron chi connectivity index (χ3n) is 6.57. The first-order valence-corrected chi connectivity index (χ1v) is 12.7. The van der Waals surface area contributed by atoms with Gasteiger partial charge in [0.05, 0.1) is 14.2 Å². The average molecular weight is 503 g/mol. The lowest BCUT2D eigenvalue weighted by atomic mass is 9.96. The van der Waals surface area contributed by atoms with E-state index in [4.69, 9.17) is 14.2 Å². The van der Waals surface area contributed by atoms with Gasteiger partial charge in [-0.2, -0.15) is 0 Å². The molecule has 0 bridgehead atoms. The Morgan fingerprint density at radius 2 is 1.46 bits per heavy atom. The number of carbonyl (C=O) groups is 2. The van der Waals surface area contributed by atoms with Crippen LogP contribution in [0.2, 0.25) is 0 Å². The zero-order valence-electron chi connectivity index (χ0n) is 21.4. The second-order valence-electron chi connectivity index (χ2n) is 9.19. The van der Waals surface area contributed by atoms with E-state index in [0.29, 0.717) is 17.9 Å². The van der Waals surface area contributed by atoms with Crippen LogP contribution in [0.5, 0.6) is 23.0 Å². The Bertz CT molecular complexity index is 1190. The molecule has 0 aromatic heterocycles. The number of amides is 3. The monoisotopic (exact) mass is 502 g/mol. The van der Waals surface area contributed by atoms with Crippen molar-refractivity contribution in [3.05, 3.63) is 72.3 Å². The molecule has 0 radical (unpaired) electrons. The van der Waals surface area contributed by atoms with Gasteiger partial charge in [-0.1, -0.05) is 43.5 Å². The van der Waals surface area contributed by atoms with Crippen molar-refractivity contribution in [2.24, 2.45) is 0 Å². The van der Waals surface area contributed by atoms with E-state index >= 15 is 0 Å². The summed E-state index contributed by atoms with van der Waals surface area (Å²) in [7, 11) is 3.27. The van der Waals surface area contributed by atoms with Crippen molar-refractivity contribution in [2.75, 3.05) is 14.2 Å². The van der Waals surface area contributed by atoms with Gasteiger partial charge < -0.3 is 19.5 Å². The minimum Gasteiger partial charge on any atom is -0.497 e. The van der Waals surface area contributed by atoms with Crippen molar-refractivity contribution in [1.29, 1.82) is 0 Å². The minimum atomic E-state index is -0.392. The molecule has 37 heavy (non-hydrogen) atoms. The second-order valence-corrected chi connectivity index (χ2v) is 9.19. The van der Waals surface area contributed by atoms with Crippen LogP contribution in [-0.4, -0.2) is 32.2 Å². The Labute approximate surface area is 218 Å². The lowest BCUT2D eigenvalue weighted by Gasteiger charge is -2.22. The largest absolute Gasteiger partial charge is 0.497 e. The summed E-state index contributed by atoms with van der Waals surface area (Å²) in [5, 5.41) is 5.35. The fourth-order valence-corrected chi connectivity index (χ4v) is 4.52. The van der Waals surface area contributed by atoms with Crippen molar-refractivity contribution in [3.63, 3.8) is 0 Å². The molecule has 2 N–H and O–H groups in total. The molecule has 0 aliphatic heterocycles. The summed E-state index contributed by atoms with van der Waals surface area (Å²) in [4.78, 5) is 24.2. The normalized spacial score (nSPS) is 13.5. The Morgan fingerprint density at radius 1 is 0.811 bits per heavy atom. The summed E-state index contributed by atoms with van der Waals surface area (Å²) in [6.07, 6.45) is 6.23. The molecule has 1 aliphatic carbocycles. The number of ether oxygens (including phenoxy) is 3. The Balaban J connectivity index is 1.26. The van der Waals surface area contributed by atoms with E-state index < -0.39 is 6.03 Å². The molecule has 194 valence electrons. The number of hydrogen-bond acceptors (Lipinski definition) is 5. The number of carbonyl (C=O) groups excluding carboxylic acids is 2. The van der Waals surface area contributed by atoms with Gasteiger partial charge in [-0.05, 0) is 66.8 Å². The van der Waals surface area contributed by atoms with Crippen LogP contribution in [0.3, 0.4) is 0 Å². The summed E-state index contributed by atoms with van der Waals surface area (Å²) in [6, 6.07) is 20.9. The van der Waals surface area contributed by atoms with Crippen LogP contribution >= 0.6 is 0 Å². The lowest BCUT2D eigenvalue weighted by molar-refractivity contribution is -0.120. The van der Waals surface area contributed by atoms with E-state index in [1.165, 1.54) is 6.42 Å². The van der Waals surface area contributed by atoms with Gasteiger partial charge in [0.15, 0.2) is 0 Å². The van der Waals surface area contributed by atoms with Crippen LogP contribution in [0.25, 0.3) is 11.1 Å². The molecular formula is C30H34N2O5. The molecule has 1 fully saturated rings. The first-order chi connectivity index (χ1) is 18.0. The molecule has 4 rings (SSSR count). The van der Waals surface area contributed by atoms with E-state index in [2.05, 4.69) is 10.6 Å². The third-order valence-corrected chi connectivity index (χ3v) is 6.57. The van der Waals surface area contributed by atoms with E-state index in [9.17, 15) is 9.59 Å². The highest BCUT2D eigenvalue weighted by atomic mass is 16.5. The zero-order chi connectivity index (χ0) is 26.0. The predicted molar refractivity (Wildman–Crippen MR) is 143 cm³/mol. The van der Waals surface area contributed by atoms with E-state index in [1.54, 1.807) is 14.2 Å². The van der Waals surface area contributed by atoms with Gasteiger partial charge >= 0.3 is 6.03 Å². The maximum Gasteiger partial charge on any atom is 0.321 e. The van der Waals surface area contributed by atoms with Gasteiger partial charge in [0.2, 0.25) is 5.91 Å². The quantitative estimate of drug-likeness (QED) is 0.361. The molecule has 0 spiro atoms. The van der Waals surface area contributed by atoms with Crippen LogP contribution in [-0.2, 0) is 11.2 Å². The first-order valence-electron chi connectivity index (χ1n) is 12.7. The molecule has 1 aliphatic rings. The first kappa shape index (κ1) is 26.1. The van der Waals surface area contributed by atoms with Crippen LogP contribution in [0.4, 0.5) is 4.79 Å². The Morgan fingerprint density at radius 3 is 2.11 bits per heavy atom. The van der Waals surface area contributed by atoms with Crippen LogP contribution in [0.1, 0.15) is 44.1 Å². The van der Waals surface area contributed by atoms with Gasteiger partial charge in [0.1, 0.15) is 23.0 Å². The standard InChI is InChI=1S/C30H34N2O5/c1-35-26-17-18-27(28(20-26)36-2)22-11-15-25(16-12-22)37-24-13-8-21(9-14-24)10-19-29(33)32-30(34)31-23-6-4-3-5-7-23/h8-9,11-18,20,23H,3-7,10,19H2,1-2H3,(H2,31,32,33,34). The van der Waals surface area contributed by atoms with Gasteiger partial charge in [0, 0.05) is 24.1 Å². The smallest absolute Gasteiger partial charge is 0.321 e. The maximum absolute atomic E-state index is 12.2. The van der Waals surface area contributed by atoms with Crippen molar-refractivity contribution in [1.82, 2.24) is 10.6 Å². The van der Waals surface area contributed by atoms with Crippen LogP contribution in [0.15, 0.2) is 66.7 Å². The lowest BCUT2D eigenvalue weighted by Crippen LogP contribution is -2.45. The highest BCUT2D eigenvalue weighted by Crippen LogP contribution is 2.34. The van der Waals surface area contributed by atoms with Gasteiger partial charge in [-0.25, -0.2) is 4.79 Å². The molecule has 7 nitrogen and oxygen atoms in total. The number of hydrogen-bond donors (Lipinski definition) is 2.